The van der Waals surface area contributed by atoms with Gasteiger partial charge in [-0.05, 0) is 44.7 Å². The van der Waals surface area contributed by atoms with E-state index in [0.29, 0.717) is 12.0 Å². The second-order valence-corrected chi connectivity index (χ2v) is 8.87. The van der Waals surface area contributed by atoms with Gasteiger partial charge in [0.2, 0.25) is 0 Å². The molecule has 0 spiro atoms. The number of hydrogen-bond donors (Lipinski definition) is 1. The second-order valence-electron chi connectivity index (χ2n) is 6.64. The summed E-state index contributed by atoms with van der Waals surface area (Å²) < 4.78 is 23.5. The first-order chi connectivity index (χ1) is 10.9. The normalized spacial score (nSPS) is 23.7. The molecule has 0 saturated carbocycles. The van der Waals surface area contributed by atoms with Crippen LogP contribution in [0.15, 0.2) is 18.2 Å². The zero-order chi connectivity index (χ0) is 16.4. The Morgan fingerprint density at radius 3 is 2.65 bits per heavy atom. The molecule has 126 valence electrons. The predicted octanol–water partition coefficient (Wildman–Crippen LogP) is 1.90. The number of carbonyl (C=O) groups is 1. The summed E-state index contributed by atoms with van der Waals surface area (Å²) in [7, 11) is -3.02. The van der Waals surface area contributed by atoms with Crippen molar-refractivity contribution in [3.63, 3.8) is 0 Å². The Labute approximate surface area is 138 Å². The summed E-state index contributed by atoms with van der Waals surface area (Å²) in [6.45, 7) is 3.91. The van der Waals surface area contributed by atoms with Gasteiger partial charge in [0.1, 0.15) is 0 Å². The maximum Gasteiger partial charge on any atom is 0.253 e. The van der Waals surface area contributed by atoms with Gasteiger partial charge in [-0.1, -0.05) is 11.6 Å². The van der Waals surface area contributed by atoms with Crippen molar-refractivity contribution < 1.29 is 13.2 Å². The molecule has 2 saturated heterocycles. The van der Waals surface area contributed by atoms with Crippen LogP contribution in [0.25, 0.3) is 0 Å². The fourth-order valence-electron chi connectivity index (χ4n) is 3.47. The number of rotatable bonds is 3. The summed E-state index contributed by atoms with van der Waals surface area (Å²) in [6, 6.07) is 5.66. The van der Waals surface area contributed by atoms with E-state index in [1.165, 1.54) is 0 Å². The summed E-state index contributed by atoms with van der Waals surface area (Å²) in [4.78, 5) is 15.0. The maximum atomic E-state index is 12.7. The van der Waals surface area contributed by atoms with E-state index in [0.717, 1.165) is 43.6 Å². The molecular formula is C17H24N2O3S. The third kappa shape index (κ3) is 3.86. The SMILES string of the molecule is Cc1ccc(N2CCCC2)c(C(=O)NC2CCCS(=O)(=O)C2)c1. The Morgan fingerprint density at radius 1 is 1.22 bits per heavy atom. The number of nitrogens with one attached hydrogen (secondary N) is 1. The number of benzene rings is 1. The minimum atomic E-state index is -3.02. The highest BCUT2D eigenvalue weighted by molar-refractivity contribution is 7.91. The number of aryl methyl sites for hydroxylation is 1. The van der Waals surface area contributed by atoms with Gasteiger partial charge in [-0.25, -0.2) is 8.42 Å². The molecule has 2 heterocycles. The molecule has 5 nitrogen and oxygen atoms in total. The summed E-state index contributed by atoms with van der Waals surface area (Å²) in [5.41, 5.74) is 2.66. The van der Waals surface area contributed by atoms with Crippen molar-refractivity contribution in [1.82, 2.24) is 5.32 Å². The molecule has 0 radical (unpaired) electrons. The zero-order valence-corrected chi connectivity index (χ0v) is 14.4. The lowest BCUT2D eigenvalue weighted by atomic mass is 10.1. The van der Waals surface area contributed by atoms with Crippen LogP contribution in [-0.4, -0.2) is 45.0 Å². The molecule has 1 N–H and O–H groups in total. The van der Waals surface area contributed by atoms with Crippen molar-refractivity contribution >= 4 is 21.4 Å². The molecule has 2 aliphatic rings. The lowest BCUT2D eigenvalue weighted by Crippen LogP contribution is -2.43. The molecule has 3 rings (SSSR count). The molecule has 1 amide bonds. The molecule has 2 aliphatic heterocycles. The fourth-order valence-corrected chi connectivity index (χ4v) is 5.10. The van der Waals surface area contributed by atoms with Crippen LogP contribution in [-0.2, 0) is 9.84 Å². The molecule has 6 heteroatoms. The molecule has 0 aromatic heterocycles. The summed E-state index contributed by atoms with van der Waals surface area (Å²) in [6.07, 6.45) is 3.65. The van der Waals surface area contributed by atoms with Crippen LogP contribution >= 0.6 is 0 Å². The average molecular weight is 336 g/mol. The average Bonchev–Trinajstić information content (AvgIpc) is 3.00. The smallest absolute Gasteiger partial charge is 0.253 e. The quantitative estimate of drug-likeness (QED) is 0.915. The molecule has 1 atom stereocenters. The van der Waals surface area contributed by atoms with Crippen LogP contribution in [0.3, 0.4) is 0 Å². The fraction of sp³-hybridized carbons (Fsp3) is 0.588. The van der Waals surface area contributed by atoms with E-state index >= 15 is 0 Å². The number of amides is 1. The van der Waals surface area contributed by atoms with Crippen LogP contribution in [0.2, 0.25) is 0 Å². The molecule has 1 aromatic carbocycles. The van der Waals surface area contributed by atoms with Crippen LogP contribution in [0.1, 0.15) is 41.6 Å². The van der Waals surface area contributed by atoms with Gasteiger partial charge < -0.3 is 10.2 Å². The molecule has 1 aromatic rings. The predicted molar refractivity (Wildman–Crippen MR) is 91.8 cm³/mol. The Kier molecular flexibility index (Phi) is 4.62. The lowest BCUT2D eigenvalue weighted by Gasteiger charge is -2.25. The van der Waals surface area contributed by atoms with Gasteiger partial charge in [0.15, 0.2) is 9.84 Å². The number of anilines is 1. The Bertz CT molecular complexity index is 694. The van der Waals surface area contributed by atoms with Gasteiger partial charge in [-0.3, -0.25) is 4.79 Å². The summed E-state index contributed by atoms with van der Waals surface area (Å²) in [5, 5.41) is 2.94. The third-order valence-electron chi connectivity index (χ3n) is 4.64. The highest BCUT2D eigenvalue weighted by Crippen LogP contribution is 2.26. The molecule has 0 aliphatic carbocycles. The highest BCUT2D eigenvalue weighted by Gasteiger charge is 2.27. The first-order valence-corrected chi connectivity index (χ1v) is 10.1. The van der Waals surface area contributed by atoms with E-state index in [-0.39, 0.29) is 23.5 Å². The standard InChI is InChI=1S/C17H24N2O3S/c1-13-6-7-16(19-8-2-3-9-19)15(11-13)17(20)18-14-5-4-10-23(21,22)12-14/h6-7,11,14H,2-5,8-10,12H2,1H3,(H,18,20). The van der Waals surface area contributed by atoms with Crippen LogP contribution in [0, 0.1) is 6.92 Å². The Hall–Kier alpha value is -1.56. The van der Waals surface area contributed by atoms with Crippen LogP contribution in [0.4, 0.5) is 5.69 Å². The van der Waals surface area contributed by atoms with E-state index in [2.05, 4.69) is 10.2 Å². The van der Waals surface area contributed by atoms with Gasteiger partial charge in [-0.2, -0.15) is 0 Å². The van der Waals surface area contributed by atoms with Crippen molar-refractivity contribution in [2.75, 3.05) is 29.5 Å². The van der Waals surface area contributed by atoms with Gasteiger partial charge in [0.25, 0.3) is 5.91 Å². The Balaban J connectivity index is 1.80. The molecule has 1 unspecified atom stereocenters. The van der Waals surface area contributed by atoms with Crippen LogP contribution < -0.4 is 10.2 Å². The van der Waals surface area contributed by atoms with E-state index in [1.807, 2.05) is 25.1 Å². The lowest BCUT2D eigenvalue weighted by molar-refractivity contribution is 0.0938. The minimum absolute atomic E-state index is 0.0591. The van der Waals surface area contributed by atoms with Crippen molar-refractivity contribution in [2.45, 2.75) is 38.6 Å². The van der Waals surface area contributed by atoms with E-state index in [1.54, 1.807) is 0 Å². The van der Waals surface area contributed by atoms with Gasteiger partial charge >= 0.3 is 0 Å². The zero-order valence-electron chi connectivity index (χ0n) is 13.5. The first kappa shape index (κ1) is 16.3. The summed E-state index contributed by atoms with van der Waals surface area (Å²) >= 11 is 0. The third-order valence-corrected chi connectivity index (χ3v) is 6.46. The number of carbonyl (C=O) groups excluding carboxylic acids is 1. The van der Waals surface area contributed by atoms with Crippen molar-refractivity contribution in [2.24, 2.45) is 0 Å². The van der Waals surface area contributed by atoms with E-state index < -0.39 is 9.84 Å². The Morgan fingerprint density at radius 2 is 1.96 bits per heavy atom. The summed E-state index contributed by atoms with van der Waals surface area (Å²) in [5.74, 6) is 0.143. The van der Waals surface area contributed by atoms with Gasteiger partial charge in [0, 0.05) is 24.8 Å². The first-order valence-electron chi connectivity index (χ1n) is 8.31. The topological polar surface area (TPSA) is 66.5 Å². The van der Waals surface area contributed by atoms with Gasteiger partial charge in [0.05, 0.1) is 17.1 Å². The maximum absolute atomic E-state index is 12.7. The van der Waals surface area contributed by atoms with Gasteiger partial charge in [-0.15, -0.1) is 0 Å². The van der Waals surface area contributed by atoms with Crippen molar-refractivity contribution in [3.8, 4) is 0 Å². The second kappa shape index (κ2) is 6.51. The largest absolute Gasteiger partial charge is 0.371 e. The molecule has 2 fully saturated rings. The molecular weight excluding hydrogens is 312 g/mol. The number of hydrogen-bond acceptors (Lipinski definition) is 4. The van der Waals surface area contributed by atoms with Crippen molar-refractivity contribution in [1.29, 1.82) is 0 Å². The van der Waals surface area contributed by atoms with Crippen molar-refractivity contribution in [3.05, 3.63) is 29.3 Å². The van der Waals surface area contributed by atoms with E-state index in [4.69, 9.17) is 0 Å². The monoisotopic (exact) mass is 336 g/mol. The minimum Gasteiger partial charge on any atom is -0.371 e. The highest BCUT2D eigenvalue weighted by atomic mass is 32.2. The van der Waals surface area contributed by atoms with E-state index in [9.17, 15) is 13.2 Å². The number of sulfone groups is 1. The van der Waals surface area contributed by atoms with Crippen LogP contribution in [0.5, 0.6) is 0 Å². The number of nitrogens with zero attached hydrogens (tertiary/aromatic N) is 1. The molecule has 0 bridgehead atoms. The molecule has 23 heavy (non-hydrogen) atoms.